The summed E-state index contributed by atoms with van der Waals surface area (Å²) in [5.74, 6) is 0.374. The second-order valence-electron chi connectivity index (χ2n) is 5.45. The molecule has 3 aromatic rings. The maximum absolute atomic E-state index is 13.7. The lowest BCUT2D eigenvalue weighted by Crippen LogP contribution is -2.02. The van der Waals surface area contributed by atoms with Gasteiger partial charge in [0.05, 0.1) is 21.7 Å². The van der Waals surface area contributed by atoms with Crippen LogP contribution in [0.2, 0.25) is 0 Å². The van der Waals surface area contributed by atoms with Crippen LogP contribution in [0.15, 0.2) is 47.6 Å². The molecule has 0 aliphatic carbocycles. The molecule has 0 spiro atoms. The van der Waals surface area contributed by atoms with E-state index in [1.807, 2.05) is 0 Å². The summed E-state index contributed by atoms with van der Waals surface area (Å²) in [5.41, 5.74) is 1.05. The minimum Gasteiger partial charge on any atom is -0.488 e. The van der Waals surface area contributed by atoms with Gasteiger partial charge in [0.25, 0.3) is 0 Å². The number of benzene rings is 1. The van der Waals surface area contributed by atoms with E-state index in [9.17, 15) is 8.60 Å². The molecule has 6 nitrogen and oxygen atoms in total. The Kier molecular flexibility index (Phi) is 4.54. The first-order valence-corrected chi connectivity index (χ1v) is 9.29. The van der Waals surface area contributed by atoms with Crippen molar-refractivity contribution in [2.45, 2.75) is 11.5 Å². The van der Waals surface area contributed by atoms with Crippen LogP contribution in [-0.4, -0.2) is 27.5 Å². The summed E-state index contributed by atoms with van der Waals surface area (Å²) in [6.07, 6.45) is 4.41. The van der Waals surface area contributed by atoms with E-state index in [-0.39, 0.29) is 11.5 Å². The third-order valence-electron chi connectivity index (χ3n) is 3.55. The Bertz CT molecular complexity index is 1040. The fraction of sp³-hybridized carbons (Fsp3) is 0.176. The molecule has 0 aliphatic rings. The van der Waals surface area contributed by atoms with Crippen LogP contribution in [0.5, 0.6) is 11.6 Å². The van der Waals surface area contributed by atoms with Gasteiger partial charge >= 0.3 is 0 Å². The molecule has 1 aromatic carbocycles. The van der Waals surface area contributed by atoms with Gasteiger partial charge in [0.1, 0.15) is 23.7 Å². The number of fused-ring (bicyclic) bond motifs is 1. The van der Waals surface area contributed by atoms with Crippen molar-refractivity contribution in [3.8, 4) is 11.6 Å². The van der Waals surface area contributed by atoms with Crippen LogP contribution >= 0.6 is 0 Å². The Balaban J connectivity index is 1.93. The molecule has 0 unspecified atom stereocenters. The lowest BCUT2D eigenvalue weighted by atomic mass is 10.2. The largest absolute Gasteiger partial charge is 0.488 e. The van der Waals surface area contributed by atoms with Crippen LogP contribution in [0.3, 0.4) is 0 Å². The third kappa shape index (κ3) is 3.69. The van der Waals surface area contributed by atoms with Gasteiger partial charge < -0.3 is 9.47 Å². The van der Waals surface area contributed by atoms with Crippen LogP contribution in [0.1, 0.15) is 5.56 Å². The molecule has 0 bridgehead atoms. The molecule has 1 N–H and O–H groups in total. The second kappa shape index (κ2) is 6.64. The smallest absolute Gasteiger partial charge is 0.240 e. The molecule has 25 heavy (non-hydrogen) atoms. The van der Waals surface area contributed by atoms with Gasteiger partial charge in [0.2, 0.25) is 5.88 Å². The number of pyridine rings is 2. The summed E-state index contributed by atoms with van der Waals surface area (Å²) in [5, 5.41) is 0.714. The average Bonchev–Trinajstić information content (AvgIpc) is 2.58. The van der Waals surface area contributed by atoms with E-state index in [1.54, 1.807) is 24.5 Å². The molecule has 8 heteroatoms. The maximum atomic E-state index is 13.7. The lowest BCUT2D eigenvalue weighted by molar-refractivity contribution is 0.308. The number of rotatable bonds is 5. The molecule has 0 aliphatic heterocycles. The molecule has 0 radical (unpaired) electrons. The van der Waals surface area contributed by atoms with E-state index in [1.165, 1.54) is 25.5 Å². The Morgan fingerprint density at radius 3 is 2.68 bits per heavy atom. The zero-order chi connectivity index (χ0) is 18.0. The van der Waals surface area contributed by atoms with E-state index in [0.29, 0.717) is 28.1 Å². The minimum atomic E-state index is -3.00. The fourth-order valence-corrected chi connectivity index (χ4v) is 3.11. The zero-order valence-electron chi connectivity index (χ0n) is 13.7. The van der Waals surface area contributed by atoms with Crippen LogP contribution < -0.4 is 9.47 Å². The molecule has 0 saturated heterocycles. The molecule has 1 atom stereocenters. The molecule has 2 heterocycles. The standard InChI is InChI=1S/C17H16FN3O3S/c1-23-17-16-14(3-5-21-17)15(4-6-20-16)24-10-11-7-12(18)9-13(8-11)25(2,19)22/h3-9,19H,10H2,1-2H3/t25-/m0/s1. The first-order chi connectivity index (χ1) is 11.9. The van der Waals surface area contributed by atoms with E-state index in [2.05, 4.69) is 9.97 Å². The van der Waals surface area contributed by atoms with Crippen molar-refractivity contribution in [2.24, 2.45) is 0 Å². The Morgan fingerprint density at radius 1 is 1.20 bits per heavy atom. The highest BCUT2D eigenvalue weighted by Crippen LogP contribution is 2.29. The van der Waals surface area contributed by atoms with Crippen LogP contribution in [0.4, 0.5) is 4.39 Å². The van der Waals surface area contributed by atoms with Crippen molar-refractivity contribution in [1.29, 1.82) is 4.78 Å². The highest BCUT2D eigenvalue weighted by Gasteiger charge is 2.11. The Morgan fingerprint density at radius 2 is 1.96 bits per heavy atom. The second-order valence-corrected chi connectivity index (χ2v) is 7.61. The number of halogens is 1. The minimum absolute atomic E-state index is 0.0596. The summed E-state index contributed by atoms with van der Waals surface area (Å²) in [6, 6.07) is 7.36. The highest BCUT2D eigenvalue weighted by molar-refractivity contribution is 7.91. The summed E-state index contributed by atoms with van der Waals surface area (Å²) in [4.78, 5) is 8.47. The maximum Gasteiger partial charge on any atom is 0.240 e. The molecule has 0 saturated carbocycles. The summed E-state index contributed by atoms with van der Waals surface area (Å²) in [6.45, 7) is 0.0596. The van der Waals surface area contributed by atoms with E-state index in [4.69, 9.17) is 14.3 Å². The van der Waals surface area contributed by atoms with Gasteiger partial charge in [-0.2, -0.15) is 0 Å². The number of ether oxygens (including phenoxy) is 2. The molecule has 3 rings (SSSR count). The quantitative estimate of drug-likeness (QED) is 0.753. The molecule has 0 fully saturated rings. The van der Waals surface area contributed by atoms with Crippen molar-refractivity contribution >= 4 is 20.6 Å². The van der Waals surface area contributed by atoms with Gasteiger partial charge in [-0.15, -0.1) is 0 Å². The summed E-state index contributed by atoms with van der Waals surface area (Å²) < 4.78 is 44.2. The predicted octanol–water partition coefficient (Wildman–Crippen LogP) is 3.39. The SMILES string of the molecule is COc1nccc2c(OCc3cc(F)cc([S@@](C)(=N)=O)c3)ccnc12. The fourth-order valence-electron chi connectivity index (χ4n) is 2.39. The van der Waals surface area contributed by atoms with Crippen LogP contribution in [-0.2, 0) is 16.3 Å². The first-order valence-electron chi connectivity index (χ1n) is 7.32. The van der Waals surface area contributed by atoms with Gasteiger partial charge in [-0.3, -0.25) is 4.98 Å². The Labute approximate surface area is 144 Å². The van der Waals surface area contributed by atoms with Crippen molar-refractivity contribution in [3.63, 3.8) is 0 Å². The highest BCUT2D eigenvalue weighted by atomic mass is 32.2. The normalized spacial score (nSPS) is 13.4. The van der Waals surface area contributed by atoms with E-state index in [0.717, 1.165) is 6.07 Å². The number of hydrogen-bond acceptors (Lipinski definition) is 6. The van der Waals surface area contributed by atoms with Crippen molar-refractivity contribution < 1.29 is 18.1 Å². The number of nitrogens with zero attached hydrogens (tertiary/aromatic N) is 2. The van der Waals surface area contributed by atoms with Crippen LogP contribution in [0, 0.1) is 10.6 Å². The molecule has 2 aromatic heterocycles. The van der Waals surface area contributed by atoms with Gasteiger partial charge in [-0.25, -0.2) is 18.4 Å². The van der Waals surface area contributed by atoms with Crippen molar-refractivity contribution in [1.82, 2.24) is 9.97 Å². The topological polar surface area (TPSA) is 85.2 Å². The summed E-state index contributed by atoms with van der Waals surface area (Å²) >= 11 is 0. The zero-order valence-corrected chi connectivity index (χ0v) is 14.5. The van der Waals surface area contributed by atoms with Gasteiger partial charge in [-0.05, 0) is 35.9 Å². The van der Waals surface area contributed by atoms with Crippen LogP contribution in [0.25, 0.3) is 10.9 Å². The van der Waals surface area contributed by atoms with Crippen molar-refractivity contribution in [3.05, 3.63) is 54.1 Å². The number of hydrogen-bond donors (Lipinski definition) is 1. The van der Waals surface area contributed by atoms with Gasteiger partial charge in [-0.1, -0.05) is 0 Å². The van der Waals surface area contributed by atoms with Gasteiger partial charge in [0, 0.05) is 24.0 Å². The molecule has 0 amide bonds. The average molecular weight is 361 g/mol. The third-order valence-corrected chi connectivity index (χ3v) is 4.69. The van der Waals surface area contributed by atoms with E-state index >= 15 is 0 Å². The number of aromatic nitrogens is 2. The number of nitrogens with one attached hydrogen (secondary N) is 1. The molecular formula is C17H16FN3O3S. The van der Waals surface area contributed by atoms with Gasteiger partial charge in [0.15, 0.2) is 0 Å². The number of methoxy groups -OCH3 is 1. The van der Waals surface area contributed by atoms with Crippen molar-refractivity contribution in [2.75, 3.05) is 13.4 Å². The summed E-state index contributed by atoms with van der Waals surface area (Å²) in [7, 11) is -1.50. The molecular weight excluding hydrogens is 345 g/mol. The monoisotopic (exact) mass is 361 g/mol. The molecule has 130 valence electrons. The predicted molar refractivity (Wildman–Crippen MR) is 91.9 cm³/mol. The first kappa shape index (κ1) is 17.1. The van der Waals surface area contributed by atoms with E-state index < -0.39 is 15.5 Å². The lowest BCUT2D eigenvalue weighted by Gasteiger charge is -2.11. The Hall–Kier alpha value is -2.74.